The second kappa shape index (κ2) is 11.4. The van der Waals surface area contributed by atoms with Gasteiger partial charge in [-0.1, -0.05) is 45.0 Å². The number of halogens is 1. The molecule has 7 nitrogen and oxygen atoms in total. The van der Waals surface area contributed by atoms with Crippen LogP contribution in [0.15, 0.2) is 27.7 Å². The molecule has 0 aliphatic heterocycles. The summed E-state index contributed by atoms with van der Waals surface area (Å²) in [6.07, 6.45) is 1.14. The van der Waals surface area contributed by atoms with E-state index >= 15 is 0 Å². The van der Waals surface area contributed by atoms with Crippen LogP contribution >= 0.6 is 24.0 Å². The Balaban J connectivity index is 0.00000420. The Kier molecular flexibility index (Phi) is 9.88. The summed E-state index contributed by atoms with van der Waals surface area (Å²) in [7, 11) is 1.73. The van der Waals surface area contributed by atoms with E-state index in [9.17, 15) is 0 Å². The molecular weight excluding hydrogens is 481 g/mol. The molecule has 0 amide bonds. The van der Waals surface area contributed by atoms with Gasteiger partial charge in [-0.05, 0) is 31.9 Å². The molecule has 1 aromatic carbocycles. The molecule has 1 aromatic heterocycles. The normalized spacial score (nSPS) is 12.9. The zero-order chi connectivity index (χ0) is 20.7. The van der Waals surface area contributed by atoms with Crippen molar-refractivity contribution in [2.24, 2.45) is 4.99 Å². The molecule has 0 fully saturated rings. The molecule has 0 aliphatic rings. The van der Waals surface area contributed by atoms with E-state index in [1.165, 1.54) is 5.56 Å². The SMILES string of the molecule is CCC(C)Oc1cc(C)ccc1CNC(=NC)NCc1noc(C(C)(C)C)n1.I. The Morgan fingerprint density at radius 2 is 1.93 bits per heavy atom. The van der Waals surface area contributed by atoms with Crippen LogP contribution in [0.3, 0.4) is 0 Å². The molecule has 1 unspecified atom stereocenters. The predicted octanol–water partition coefficient (Wildman–Crippen LogP) is 4.34. The van der Waals surface area contributed by atoms with E-state index in [4.69, 9.17) is 9.26 Å². The number of aryl methyl sites for hydroxylation is 1. The van der Waals surface area contributed by atoms with Gasteiger partial charge in [-0.25, -0.2) is 0 Å². The van der Waals surface area contributed by atoms with Gasteiger partial charge < -0.3 is 19.9 Å². The third kappa shape index (κ3) is 7.83. The van der Waals surface area contributed by atoms with Crippen LogP contribution in [0.5, 0.6) is 5.75 Å². The average Bonchev–Trinajstić information content (AvgIpc) is 3.12. The number of hydrogen-bond acceptors (Lipinski definition) is 5. The van der Waals surface area contributed by atoms with Gasteiger partial charge in [-0.2, -0.15) is 4.98 Å². The fraction of sp³-hybridized carbons (Fsp3) is 0.571. The van der Waals surface area contributed by atoms with Crippen molar-refractivity contribution in [3.8, 4) is 5.75 Å². The van der Waals surface area contributed by atoms with Crippen molar-refractivity contribution in [2.75, 3.05) is 7.05 Å². The molecule has 2 rings (SSSR count). The Morgan fingerprint density at radius 1 is 1.24 bits per heavy atom. The molecule has 0 radical (unpaired) electrons. The number of rotatable bonds is 7. The van der Waals surface area contributed by atoms with E-state index in [0.29, 0.717) is 30.8 Å². The van der Waals surface area contributed by atoms with E-state index in [-0.39, 0.29) is 35.5 Å². The molecule has 2 N–H and O–H groups in total. The number of hydrogen-bond donors (Lipinski definition) is 2. The fourth-order valence-corrected chi connectivity index (χ4v) is 2.41. The molecule has 1 atom stereocenters. The summed E-state index contributed by atoms with van der Waals surface area (Å²) in [5.74, 6) is 2.80. The highest BCUT2D eigenvalue weighted by Gasteiger charge is 2.21. The first kappa shape index (κ1) is 25.2. The topological polar surface area (TPSA) is 84.6 Å². The zero-order valence-corrected chi connectivity index (χ0v) is 20.8. The molecule has 8 heteroatoms. The van der Waals surface area contributed by atoms with Crippen LogP contribution in [0.4, 0.5) is 0 Å². The summed E-state index contributed by atoms with van der Waals surface area (Å²) in [5, 5.41) is 10.6. The Morgan fingerprint density at radius 3 is 2.52 bits per heavy atom. The van der Waals surface area contributed by atoms with Crippen molar-refractivity contribution < 1.29 is 9.26 Å². The molecular formula is C21H34IN5O2. The summed E-state index contributed by atoms with van der Waals surface area (Å²) < 4.78 is 11.4. The number of nitrogens with one attached hydrogen (secondary N) is 2. The first-order valence-corrected chi connectivity index (χ1v) is 9.76. The Labute approximate surface area is 191 Å². The number of nitrogens with zero attached hydrogens (tertiary/aromatic N) is 3. The summed E-state index contributed by atoms with van der Waals surface area (Å²) in [5.41, 5.74) is 2.10. The lowest BCUT2D eigenvalue weighted by Gasteiger charge is -2.18. The van der Waals surface area contributed by atoms with Gasteiger partial charge >= 0.3 is 0 Å². The smallest absolute Gasteiger partial charge is 0.232 e. The minimum atomic E-state index is -0.164. The maximum absolute atomic E-state index is 6.07. The van der Waals surface area contributed by atoms with Crippen molar-refractivity contribution >= 4 is 29.9 Å². The van der Waals surface area contributed by atoms with Crippen LogP contribution in [0.25, 0.3) is 0 Å². The standard InChI is InChI=1S/C21H33N5O2.HI/c1-8-15(3)27-17-11-14(2)9-10-16(17)12-23-20(22-7)24-13-18-25-19(28-26-18)21(4,5)6;/h9-11,15H,8,12-13H2,1-7H3,(H2,22,23,24);1H. The van der Waals surface area contributed by atoms with E-state index < -0.39 is 0 Å². The number of guanidine groups is 1. The van der Waals surface area contributed by atoms with Gasteiger partial charge in [0.15, 0.2) is 11.8 Å². The highest BCUT2D eigenvalue weighted by atomic mass is 127. The first-order chi connectivity index (χ1) is 13.2. The van der Waals surface area contributed by atoms with Gasteiger partial charge in [-0.3, -0.25) is 4.99 Å². The van der Waals surface area contributed by atoms with Crippen LogP contribution in [0.1, 0.15) is 63.9 Å². The minimum Gasteiger partial charge on any atom is -0.490 e. The molecule has 1 heterocycles. The number of aliphatic imine (C=N–C) groups is 1. The van der Waals surface area contributed by atoms with Crippen molar-refractivity contribution in [1.29, 1.82) is 0 Å². The van der Waals surface area contributed by atoms with Gasteiger partial charge in [0.1, 0.15) is 5.75 Å². The lowest BCUT2D eigenvalue weighted by Crippen LogP contribution is -2.36. The molecule has 0 spiro atoms. The largest absolute Gasteiger partial charge is 0.490 e. The third-order valence-corrected chi connectivity index (χ3v) is 4.32. The van der Waals surface area contributed by atoms with Gasteiger partial charge in [0.05, 0.1) is 12.6 Å². The van der Waals surface area contributed by atoms with Gasteiger partial charge in [0.2, 0.25) is 5.89 Å². The van der Waals surface area contributed by atoms with Crippen LogP contribution in [0, 0.1) is 6.92 Å². The first-order valence-electron chi connectivity index (χ1n) is 9.76. The molecule has 0 bridgehead atoms. The molecule has 0 saturated carbocycles. The van der Waals surface area contributed by atoms with Crippen LogP contribution in [-0.4, -0.2) is 29.3 Å². The van der Waals surface area contributed by atoms with E-state index in [0.717, 1.165) is 17.7 Å². The Hall–Kier alpha value is -1.84. The number of aromatic nitrogens is 2. The van der Waals surface area contributed by atoms with Gasteiger partial charge in [0.25, 0.3) is 0 Å². The second-order valence-corrected chi connectivity index (χ2v) is 7.99. The van der Waals surface area contributed by atoms with Gasteiger partial charge in [-0.15, -0.1) is 24.0 Å². The quantitative estimate of drug-likeness (QED) is 0.325. The summed E-state index contributed by atoms with van der Waals surface area (Å²) in [6.45, 7) is 13.4. The van der Waals surface area contributed by atoms with Crippen molar-refractivity contribution in [3.63, 3.8) is 0 Å². The van der Waals surface area contributed by atoms with Gasteiger partial charge in [0, 0.05) is 24.6 Å². The zero-order valence-electron chi connectivity index (χ0n) is 18.5. The van der Waals surface area contributed by atoms with E-state index in [1.807, 2.05) is 20.8 Å². The predicted molar refractivity (Wildman–Crippen MR) is 127 cm³/mol. The lowest BCUT2D eigenvalue weighted by molar-refractivity contribution is 0.215. The molecule has 0 saturated heterocycles. The second-order valence-electron chi connectivity index (χ2n) is 7.99. The molecule has 2 aromatic rings. The number of benzene rings is 1. The van der Waals surface area contributed by atoms with E-state index in [2.05, 4.69) is 64.7 Å². The Bertz CT molecular complexity index is 799. The average molecular weight is 515 g/mol. The lowest BCUT2D eigenvalue weighted by atomic mass is 9.97. The van der Waals surface area contributed by atoms with E-state index in [1.54, 1.807) is 7.05 Å². The monoisotopic (exact) mass is 515 g/mol. The maximum Gasteiger partial charge on any atom is 0.232 e. The molecule has 29 heavy (non-hydrogen) atoms. The van der Waals surface area contributed by atoms with Crippen molar-refractivity contribution in [1.82, 2.24) is 20.8 Å². The minimum absolute atomic E-state index is 0. The molecule has 162 valence electrons. The molecule has 0 aliphatic carbocycles. The summed E-state index contributed by atoms with van der Waals surface area (Å²) in [6, 6.07) is 6.25. The third-order valence-electron chi connectivity index (χ3n) is 4.32. The van der Waals surface area contributed by atoms with Crippen LogP contribution in [0.2, 0.25) is 0 Å². The number of ether oxygens (including phenoxy) is 1. The van der Waals surface area contributed by atoms with Crippen LogP contribution in [-0.2, 0) is 18.5 Å². The summed E-state index contributed by atoms with van der Waals surface area (Å²) in [4.78, 5) is 8.69. The van der Waals surface area contributed by atoms with Crippen molar-refractivity contribution in [2.45, 2.75) is 72.6 Å². The summed E-state index contributed by atoms with van der Waals surface area (Å²) >= 11 is 0. The highest BCUT2D eigenvalue weighted by molar-refractivity contribution is 14.0. The fourth-order valence-electron chi connectivity index (χ4n) is 2.41. The van der Waals surface area contributed by atoms with Crippen LogP contribution < -0.4 is 15.4 Å². The highest BCUT2D eigenvalue weighted by Crippen LogP contribution is 2.22. The maximum atomic E-state index is 6.07. The van der Waals surface area contributed by atoms with Crippen molar-refractivity contribution in [3.05, 3.63) is 41.0 Å².